The zero-order valence-corrected chi connectivity index (χ0v) is 13.5. The SMILES string of the molecule is CCCCN(C)c1nc(OC)nc(N2CCCCCC2)n1. The topological polar surface area (TPSA) is 54.4 Å². The summed E-state index contributed by atoms with van der Waals surface area (Å²) in [6.45, 7) is 5.17. The number of methoxy groups -OCH3 is 1. The van der Waals surface area contributed by atoms with Gasteiger partial charge in [-0.1, -0.05) is 26.2 Å². The molecule has 2 rings (SSSR count). The Morgan fingerprint density at radius 2 is 1.81 bits per heavy atom. The first kappa shape index (κ1) is 15.8. The lowest BCUT2D eigenvalue weighted by Gasteiger charge is -2.23. The van der Waals surface area contributed by atoms with Crippen molar-refractivity contribution in [2.45, 2.75) is 45.4 Å². The number of rotatable bonds is 6. The summed E-state index contributed by atoms with van der Waals surface area (Å²) in [6, 6.07) is 0.405. The Balaban J connectivity index is 2.19. The highest BCUT2D eigenvalue weighted by Crippen LogP contribution is 2.20. The maximum absolute atomic E-state index is 5.26. The van der Waals surface area contributed by atoms with E-state index < -0.39 is 0 Å². The van der Waals surface area contributed by atoms with Crippen LogP contribution in [0.5, 0.6) is 6.01 Å². The van der Waals surface area contributed by atoms with Gasteiger partial charge in [-0.05, 0) is 19.3 Å². The molecule has 1 aromatic rings. The zero-order valence-electron chi connectivity index (χ0n) is 13.5. The molecule has 2 heterocycles. The highest BCUT2D eigenvalue weighted by Gasteiger charge is 2.17. The predicted octanol–water partition coefficient (Wildman–Crippen LogP) is 2.50. The molecule has 6 heteroatoms. The number of unbranched alkanes of at least 4 members (excludes halogenated alkanes) is 1. The summed E-state index contributed by atoms with van der Waals surface area (Å²) in [5.41, 5.74) is 0. The van der Waals surface area contributed by atoms with Crippen LogP contribution < -0.4 is 14.5 Å². The van der Waals surface area contributed by atoms with Crippen LogP contribution in [0.15, 0.2) is 0 Å². The van der Waals surface area contributed by atoms with Gasteiger partial charge in [0.05, 0.1) is 7.11 Å². The quantitative estimate of drug-likeness (QED) is 0.803. The largest absolute Gasteiger partial charge is 0.467 e. The number of aromatic nitrogens is 3. The molecule has 0 atom stereocenters. The van der Waals surface area contributed by atoms with Crippen molar-refractivity contribution in [3.8, 4) is 6.01 Å². The van der Waals surface area contributed by atoms with E-state index in [1.54, 1.807) is 7.11 Å². The molecule has 0 unspecified atom stereocenters. The standard InChI is InChI=1S/C15H27N5O/c1-4-5-10-19(2)13-16-14(18-15(17-13)21-3)20-11-8-6-7-9-12-20/h4-12H2,1-3H3. The van der Waals surface area contributed by atoms with Crippen LogP contribution in [0.1, 0.15) is 45.4 Å². The monoisotopic (exact) mass is 293 g/mol. The van der Waals surface area contributed by atoms with Gasteiger partial charge in [-0.25, -0.2) is 0 Å². The van der Waals surface area contributed by atoms with Crippen molar-refractivity contribution in [3.05, 3.63) is 0 Å². The van der Waals surface area contributed by atoms with E-state index in [1.165, 1.54) is 25.7 Å². The minimum atomic E-state index is 0.405. The Morgan fingerprint density at radius 3 is 2.43 bits per heavy atom. The Kier molecular flexibility index (Phi) is 6.02. The molecule has 0 radical (unpaired) electrons. The minimum absolute atomic E-state index is 0.405. The van der Waals surface area contributed by atoms with Gasteiger partial charge in [-0.3, -0.25) is 0 Å². The Morgan fingerprint density at radius 1 is 1.10 bits per heavy atom. The number of nitrogens with zero attached hydrogens (tertiary/aromatic N) is 5. The second-order valence-corrected chi connectivity index (χ2v) is 5.60. The van der Waals surface area contributed by atoms with E-state index in [4.69, 9.17) is 4.74 Å². The highest BCUT2D eigenvalue weighted by atomic mass is 16.5. The molecular formula is C15H27N5O. The van der Waals surface area contributed by atoms with Gasteiger partial charge in [0.25, 0.3) is 0 Å². The van der Waals surface area contributed by atoms with Crippen LogP contribution in [0.4, 0.5) is 11.9 Å². The van der Waals surface area contributed by atoms with E-state index in [-0.39, 0.29) is 0 Å². The first-order valence-electron chi connectivity index (χ1n) is 8.00. The summed E-state index contributed by atoms with van der Waals surface area (Å²) in [6.07, 6.45) is 7.28. The van der Waals surface area contributed by atoms with Gasteiger partial charge in [-0.2, -0.15) is 15.0 Å². The average Bonchev–Trinajstić information content (AvgIpc) is 2.81. The lowest BCUT2D eigenvalue weighted by molar-refractivity contribution is 0.378. The Bertz CT molecular complexity index is 432. The van der Waals surface area contributed by atoms with Crippen molar-refractivity contribution in [2.24, 2.45) is 0 Å². The fourth-order valence-corrected chi connectivity index (χ4v) is 2.50. The van der Waals surface area contributed by atoms with Crippen LogP contribution in [-0.2, 0) is 0 Å². The summed E-state index contributed by atoms with van der Waals surface area (Å²) in [7, 11) is 3.63. The second kappa shape index (κ2) is 8.00. The molecule has 1 aromatic heterocycles. The average molecular weight is 293 g/mol. The lowest BCUT2D eigenvalue weighted by Crippen LogP contribution is -2.28. The molecule has 118 valence electrons. The van der Waals surface area contributed by atoms with E-state index in [2.05, 4.69) is 31.7 Å². The third-order valence-electron chi connectivity index (χ3n) is 3.85. The molecule has 0 N–H and O–H groups in total. The number of ether oxygens (including phenoxy) is 1. The van der Waals surface area contributed by atoms with Gasteiger partial charge in [-0.15, -0.1) is 0 Å². The van der Waals surface area contributed by atoms with E-state index in [0.717, 1.165) is 38.4 Å². The number of hydrogen-bond donors (Lipinski definition) is 0. The third kappa shape index (κ3) is 4.44. The molecule has 0 aromatic carbocycles. The van der Waals surface area contributed by atoms with Gasteiger partial charge in [0.2, 0.25) is 11.9 Å². The minimum Gasteiger partial charge on any atom is -0.467 e. The summed E-state index contributed by atoms with van der Waals surface area (Å²) in [5.74, 6) is 1.46. The maximum atomic E-state index is 5.26. The first-order valence-corrected chi connectivity index (χ1v) is 8.00. The molecule has 1 fully saturated rings. The molecule has 6 nitrogen and oxygen atoms in total. The lowest BCUT2D eigenvalue weighted by atomic mass is 10.2. The maximum Gasteiger partial charge on any atom is 0.322 e. The summed E-state index contributed by atoms with van der Waals surface area (Å²) in [4.78, 5) is 17.8. The second-order valence-electron chi connectivity index (χ2n) is 5.60. The Labute approximate surface area is 127 Å². The molecule has 0 aliphatic carbocycles. The van der Waals surface area contributed by atoms with Gasteiger partial charge >= 0.3 is 6.01 Å². The normalized spacial score (nSPS) is 15.7. The van der Waals surface area contributed by atoms with Crippen molar-refractivity contribution < 1.29 is 4.74 Å². The van der Waals surface area contributed by atoms with Crippen LogP contribution in [0.25, 0.3) is 0 Å². The molecule has 21 heavy (non-hydrogen) atoms. The molecular weight excluding hydrogens is 266 g/mol. The van der Waals surface area contributed by atoms with Crippen molar-refractivity contribution in [1.82, 2.24) is 15.0 Å². The highest BCUT2D eigenvalue weighted by molar-refractivity contribution is 5.39. The van der Waals surface area contributed by atoms with Crippen molar-refractivity contribution >= 4 is 11.9 Å². The fraction of sp³-hybridized carbons (Fsp3) is 0.800. The molecule has 1 aliphatic rings. The van der Waals surface area contributed by atoms with E-state index in [0.29, 0.717) is 12.0 Å². The van der Waals surface area contributed by atoms with Gasteiger partial charge in [0.1, 0.15) is 0 Å². The van der Waals surface area contributed by atoms with Crippen molar-refractivity contribution in [2.75, 3.05) is 43.6 Å². The molecule has 1 saturated heterocycles. The molecule has 1 aliphatic heterocycles. The van der Waals surface area contributed by atoms with Crippen LogP contribution >= 0.6 is 0 Å². The molecule has 0 spiro atoms. The Hall–Kier alpha value is -1.59. The van der Waals surface area contributed by atoms with Gasteiger partial charge in [0.15, 0.2) is 0 Å². The smallest absolute Gasteiger partial charge is 0.322 e. The van der Waals surface area contributed by atoms with Gasteiger partial charge in [0, 0.05) is 26.7 Å². The molecule has 0 amide bonds. The van der Waals surface area contributed by atoms with Crippen molar-refractivity contribution in [1.29, 1.82) is 0 Å². The van der Waals surface area contributed by atoms with Crippen LogP contribution in [0.2, 0.25) is 0 Å². The van der Waals surface area contributed by atoms with Crippen LogP contribution in [0.3, 0.4) is 0 Å². The number of anilines is 2. The van der Waals surface area contributed by atoms with E-state index in [9.17, 15) is 0 Å². The molecule has 0 bridgehead atoms. The molecule has 0 saturated carbocycles. The summed E-state index contributed by atoms with van der Waals surface area (Å²) in [5, 5.41) is 0. The van der Waals surface area contributed by atoms with E-state index in [1.807, 2.05) is 7.05 Å². The van der Waals surface area contributed by atoms with E-state index >= 15 is 0 Å². The number of hydrogen-bond acceptors (Lipinski definition) is 6. The summed E-state index contributed by atoms with van der Waals surface area (Å²) < 4.78 is 5.26. The first-order chi connectivity index (χ1) is 10.2. The summed E-state index contributed by atoms with van der Waals surface area (Å²) >= 11 is 0. The zero-order chi connectivity index (χ0) is 15.1. The van der Waals surface area contributed by atoms with Gasteiger partial charge < -0.3 is 14.5 Å². The third-order valence-corrected chi connectivity index (χ3v) is 3.85. The van der Waals surface area contributed by atoms with Crippen LogP contribution in [0, 0.1) is 0 Å². The van der Waals surface area contributed by atoms with Crippen LogP contribution in [-0.4, -0.2) is 48.7 Å². The van der Waals surface area contributed by atoms with Crippen molar-refractivity contribution in [3.63, 3.8) is 0 Å². The fourth-order valence-electron chi connectivity index (χ4n) is 2.50. The predicted molar refractivity (Wildman–Crippen MR) is 85.2 cm³/mol.